The summed E-state index contributed by atoms with van der Waals surface area (Å²) in [6.07, 6.45) is 0.562. The van der Waals surface area contributed by atoms with Crippen LogP contribution >= 0.6 is 0 Å². The number of benzene rings is 2. The van der Waals surface area contributed by atoms with Crippen LogP contribution < -0.4 is 5.32 Å². The molecule has 0 atom stereocenters. The zero-order valence-electron chi connectivity index (χ0n) is 23.6. The maximum absolute atomic E-state index is 13.8. The molecule has 2 amide bonds. The topological polar surface area (TPSA) is 112 Å². The van der Waals surface area contributed by atoms with Gasteiger partial charge in [0.25, 0.3) is 0 Å². The average molecular weight is 583 g/mol. The molecule has 3 aromatic rings. The molecular weight excluding hydrogens is 544 g/mol. The number of amides is 2. The van der Waals surface area contributed by atoms with Gasteiger partial charge in [0, 0.05) is 38.8 Å². The number of nitrogens with zero attached hydrogens (tertiary/aromatic N) is 3. The lowest BCUT2D eigenvalue weighted by molar-refractivity contribution is -0.133. The van der Waals surface area contributed by atoms with Gasteiger partial charge in [-0.15, -0.1) is 0 Å². The normalized spacial score (nSPS) is 14.2. The first-order chi connectivity index (χ1) is 19.7. The van der Waals surface area contributed by atoms with Gasteiger partial charge in [-0.3, -0.25) is 14.5 Å². The van der Waals surface area contributed by atoms with Gasteiger partial charge in [-0.1, -0.05) is 30.3 Å². The molecular formula is C30H38N4O6S. The van der Waals surface area contributed by atoms with Crippen LogP contribution in [-0.2, 0) is 37.4 Å². The molecule has 11 heteroatoms. The van der Waals surface area contributed by atoms with Crippen LogP contribution in [0.25, 0.3) is 0 Å². The molecule has 1 saturated heterocycles. The van der Waals surface area contributed by atoms with Gasteiger partial charge in [0.15, 0.2) is 0 Å². The van der Waals surface area contributed by atoms with Gasteiger partial charge in [-0.25, -0.2) is 8.42 Å². The van der Waals surface area contributed by atoms with E-state index in [0.717, 1.165) is 24.4 Å². The molecule has 220 valence electrons. The highest BCUT2D eigenvalue weighted by Gasteiger charge is 2.29. The molecule has 0 saturated carbocycles. The fraction of sp³-hybridized carbons (Fsp3) is 0.400. The van der Waals surface area contributed by atoms with Crippen molar-refractivity contribution in [2.24, 2.45) is 0 Å². The molecule has 0 aliphatic carbocycles. The summed E-state index contributed by atoms with van der Waals surface area (Å²) in [5.41, 5.74) is 1.42. The molecule has 2 heterocycles. The van der Waals surface area contributed by atoms with Gasteiger partial charge in [0.05, 0.1) is 31.2 Å². The van der Waals surface area contributed by atoms with Crippen LogP contribution in [0.2, 0.25) is 0 Å². The zero-order valence-corrected chi connectivity index (χ0v) is 24.4. The number of furan rings is 1. The first-order valence-electron chi connectivity index (χ1n) is 13.8. The Morgan fingerprint density at radius 2 is 1.66 bits per heavy atom. The number of nitrogens with one attached hydrogen (secondary N) is 1. The Labute approximate surface area is 241 Å². The van der Waals surface area contributed by atoms with E-state index in [2.05, 4.69) is 10.2 Å². The fourth-order valence-electron chi connectivity index (χ4n) is 4.69. The maximum Gasteiger partial charge on any atom is 0.243 e. The third kappa shape index (κ3) is 8.99. The molecule has 4 rings (SSSR count). The summed E-state index contributed by atoms with van der Waals surface area (Å²) >= 11 is 0. The lowest BCUT2D eigenvalue weighted by Gasteiger charge is -2.29. The predicted octanol–water partition coefficient (Wildman–Crippen LogP) is 3.49. The second-order valence-electron chi connectivity index (χ2n) is 10.1. The van der Waals surface area contributed by atoms with Crippen molar-refractivity contribution in [1.82, 2.24) is 14.1 Å². The SMILES string of the molecule is CC(=O)Nc1ccc(S(=O)(=O)N(CCCN2CCOCC2)CC(=O)N(Cc2ccccc2)Cc2ccc(C)o2)cc1. The largest absolute Gasteiger partial charge is 0.464 e. The van der Waals surface area contributed by atoms with Gasteiger partial charge in [0.1, 0.15) is 11.5 Å². The van der Waals surface area contributed by atoms with Gasteiger partial charge in [-0.2, -0.15) is 4.31 Å². The van der Waals surface area contributed by atoms with Gasteiger partial charge in [-0.05, 0) is 61.9 Å². The van der Waals surface area contributed by atoms with Crippen molar-refractivity contribution in [3.05, 3.63) is 83.8 Å². The van der Waals surface area contributed by atoms with Crippen LogP contribution in [0.15, 0.2) is 76.0 Å². The standard InChI is InChI=1S/C30H38N4O6S/c1-24-9-12-28(40-24)22-33(21-26-7-4-3-5-8-26)30(36)23-34(16-6-15-32-17-19-39-20-18-32)41(37,38)29-13-10-27(11-14-29)31-25(2)35/h3-5,7-14H,6,15-23H2,1-2H3,(H,31,35). The summed E-state index contributed by atoms with van der Waals surface area (Å²) in [6, 6.07) is 19.2. The summed E-state index contributed by atoms with van der Waals surface area (Å²) < 4.78 is 40.1. The second kappa shape index (κ2) is 14.4. The summed E-state index contributed by atoms with van der Waals surface area (Å²) in [4.78, 5) is 29.1. The summed E-state index contributed by atoms with van der Waals surface area (Å²) in [5.74, 6) is 0.790. The molecule has 1 fully saturated rings. The Hall–Kier alpha value is -3.51. The molecule has 1 aromatic heterocycles. The maximum atomic E-state index is 13.8. The van der Waals surface area contributed by atoms with E-state index < -0.39 is 10.0 Å². The van der Waals surface area contributed by atoms with Crippen molar-refractivity contribution in [3.8, 4) is 0 Å². The molecule has 0 unspecified atom stereocenters. The van der Waals surface area contributed by atoms with Crippen molar-refractivity contribution in [3.63, 3.8) is 0 Å². The highest BCUT2D eigenvalue weighted by atomic mass is 32.2. The average Bonchev–Trinajstić information content (AvgIpc) is 3.37. The Bertz CT molecular complexity index is 1390. The van der Waals surface area contributed by atoms with Crippen LogP contribution in [0.3, 0.4) is 0 Å². The first-order valence-corrected chi connectivity index (χ1v) is 15.2. The van der Waals surface area contributed by atoms with Crippen molar-refractivity contribution < 1.29 is 27.2 Å². The van der Waals surface area contributed by atoms with E-state index in [1.165, 1.54) is 23.4 Å². The van der Waals surface area contributed by atoms with E-state index in [9.17, 15) is 18.0 Å². The number of carbonyl (C=O) groups is 2. The minimum absolute atomic E-state index is 0.0574. The number of hydrogen-bond donors (Lipinski definition) is 1. The predicted molar refractivity (Wildman–Crippen MR) is 156 cm³/mol. The third-order valence-corrected chi connectivity index (χ3v) is 8.68. The Morgan fingerprint density at radius 1 is 0.951 bits per heavy atom. The van der Waals surface area contributed by atoms with E-state index in [1.807, 2.05) is 49.4 Å². The number of morpholine rings is 1. The second-order valence-corrected chi connectivity index (χ2v) is 12.0. The zero-order chi connectivity index (χ0) is 29.2. The van der Waals surface area contributed by atoms with Crippen LogP contribution in [0.5, 0.6) is 0 Å². The molecule has 1 N–H and O–H groups in total. The minimum Gasteiger partial charge on any atom is -0.464 e. The molecule has 2 aromatic carbocycles. The number of rotatable bonds is 13. The van der Waals surface area contributed by atoms with Crippen LogP contribution in [0.1, 0.15) is 30.4 Å². The van der Waals surface area contributed by atoms with Gasteiger partial charge >= 0.3 is 0 Å². The molecule has 41 heavy (non-hydrogen) atoms. The molecule has 0 radical (unpaired) electrons. The van der Waals surface area contributed by atoms with E-state index in [0.29, 0.717) is 44.2 Å². The third-order valence-electron chi connectivity index (χ3n) is 6.82. The van der Waals surface area contributed by atoms with Crippen molar-refractivity contribution in [1.29, 1.82) is 0 Å². The molecule has 0 bridgehead atoms. The fourth-order valence-corrected chi connectivity index (χ4v) is 6.12. The van der Waals surface area contributed by atoms with E-state index >= 15 is 0 Å². The Balaban J connectivity index is 1.55. The summed E-state index contributed by atoms with van der Waals surface area (Å²) in [5, 5.41) is 2.65. The summed E-state index contributed by atoms with van der Waals surface area (Å²) in [6.45, 7) is 7.22. The van der Waals surface area contributed by atoms with E-state index in [-0.39, 0.29) is 36.3 Å². The van der Waals surface area contributed by atoms with Crippen LogP contribution in [0.4, 0.5) is 5.69 Å². The lowest BCUT2D eigenvalue weighted by Crippen LogP contribution is -2.44. The molecule has 1 aliphatic heterocycles. The van der Waals surface area contributed by atoms with E-state index in [1.54, 1.807) is 17.0 Å². The van der Waals surface area contributed by atoms with Crippen LogP contribution in [-0.4, -0.2) is 80.3 Å². The van der Waals surface area contributed by atoms with E-state index in [4.69, 9.17) is 9.15 Å². The summed E-state index contributed by atoms with van der Waals surface area (Å²) in [7, 11) is -4.01. The van der Waals surface area contributed by atoms with Gasteiger partial charge < -0.3 is 19.4 Å². The number of aryl methyl sites for hydroxylation is 1. The van der Waals surface area contributed by atoms with Crippen molar-refractivity contribution in [2.45, 2.75) is 38.3 Å². The number of ether oxygens (including phenoxy) is 1. The lowest BCUT2D eigenvalue weighted by atomic mass is 10.2. The quantitative estimate of drug-likeness (QED) is 0.328. The molecule has 1 aliphatic rings. The van der Waals surface area contributed by atoms with Crippen molar-refractivity contribution in [2.75, 3.05) is 51.3 Å². The number of carbonyl (C=O) groups excluding carboxylic acids is 2. The molecule has 0 spiro atoms. The monoisotopic (exact) mass is 582 g/mol. The van der Waals surface area contributed by atoms with Gasteiger partial charge in [0.2, 0.25) is 21.8 Å². The smallest absolute Gasteiger partial charge is 0.243 e. The minimum atomic E-state index is -4.01. The Kier molecular flexibility index (Phi) is 10.7. The highest BCUT2D eigenvalue weighted by Crippen LogP contribution is 2.21. The number of sulfonamides is 1. The highest BCUT2D eigenvalue weighted by molar-refractivity contribution is 7.89. The molecule has 10 nitrogen and oxygen atoms in total. The number of anilines is 1. The first kappa shape index (κ1) is 30.4. The number of hydrogen-bond acceptors (Lipinski definition) is 7. The van der Waals surface area contributed by atoms with Crippen molar-refractivity contribution >= 4 is 27.5 Å². The Morgan fingerprint density at radius 3 is 2.29 bits per heavy atom. The van der Waals surface area contributed by atoms with Crippen LogP contribution in [0, 0.1) is 6.92 Å².